The van der Waals surface area contributed by atoms with E-state index in [-0.39, 0.29) is 16.7 Å². The first-order chi connectivity index (χ1) is 17.1. The number of benzene rings is 2. The van der Waals surface area contributed by atoms with Crippen molar-refractivity contribution in [3.05, 3.63) is 64.7 Å². The number of hydrogen-bond donors (Lipinski definition) is 1. The maximum Gasteiger partial charge on any atom is 0.295 e. The highest BCUT2D eigenvalue weighted by Crippen LogP contribution is 2.41. The van der Waals surface area contributed by atoms with Gasteiger partial charge in [-0.2, -0.15) is 0 Å². The summed E-state index contributed by atoms with van der Waals surface area (Å²) in [5.41, 5.74) is 2.04. The van der Waals surface area contributed by atoms with E-state index in [9.17, 15) is 14.7 Å². The summed E-state index contributed by atoms with van der Waals surface area (Å²) in [5, 5.41) is 11.5. The number of aliphatic hydroxyl groups excluding tert-OH is 1. The van der Waals surface area contributed by atoms with Crippen LogP contribution in [0.3, 0.4) is 0 Å². The van der Waals surface area contributed by atoms with Crippen molar-refractivity contribution in [1.29, 1.82) is 0 Å². The van der Waals surface area contributed by atoms with E-state index < -0.39 is 17.7 Å². The van der Waals surface area contributed by atoms with Gasteiger partial charge in [-0.05, 0) is 61.6 Å². The molecule has 1 N–H and O–H groups in total. The highest BCUT2D eigenvalue weighted by atomic mass is 16.5. The molecule has 0 radical (unpaired) electrons. The maximum absolute atomic E-state index is 13.3. The molecule has 2 aromatic rings. The fourth-order valence-corrected chi connectivity index (χ4v) is 4.60. The van der Waals surface area contributed by atoms with E-state index in [1.165, 1.54) is 0 Å². The van der Waals surface area contributed by atoms with Gasteiger partial charge in [0.05, 0.1) is 24.8 Å². The van der Waals surface area contributed by atoms with E-state index in [1.807, 2.05) is 50.2 Å². The highest BCUT2D eigenvalue weighted by molar-refractivity contribution is 6.46. The van der Waals surface area contributed by atoms with Crippen LogP contribution in [0.25, 0.3) is 5.76 Å². The fraction of sp³-hybridized carbons (Fsp3) is 0.467. The Balaban J connectivity index is 2.15. The minimum atomic E-state index is -0.665. The van der Waals surface area contributed by atoms with Crippen LogP contribution in [0.4, 0.5) is 0 Å². The number of hydrogen-bond acceptors (Lipinski definition) is 5. The zero-order chi connectivity index (χ0) is 26.5. The molecule has 1 amide bonds. The van der Waals surface area contributed by atoms with E-state index in [0.29, 0.717) is 31.1 Å². The Morgan fingerprint density at radius 3 is 2.19 bits per heavy atom. The standard InChI is InChI=1S/C30H39NO5/c1-7-10-11-18-31-26(20-12-15-22(16-13-20)35-8-2)25(28(33)29(31)34)27(32)21-14-17-24(36-9-3)23(19-21)30(4,5)6/h12-17,19,26,32H,7-11,18H2,1-6H3/b27-25-. The molecule has 0 saturated carbocycles. The summed E-state index contributed by atoms with van der Waals surface area (Å²) in [4.78, 5) is 28.1. The highest BCUT2D eigenvalue weighted by Gasteiger charge is 2.45. The van der Waals surface area contributed by atoms with Crippen LogP contribution in [-0.2, 0) is 15.0 Å². The summed E-state index contributed by atoms with van der Waals surface area (Å²) in [6, 6.07) is 12.2. The lowest BCUT2D eigenvalue weighted by Gasteiger charge is -2.26. The number of rotatable bonds is 10. The molecule has 2 aromatic carbocycles. The second-order valence-electron chi connectivity index (χ2n) is 10.1. The molecule has 0 aliphatic carbocycles. The molecule has 6 heteroatoms. The Morgan fingerprint density at radius 1 is 0.944 bits per heavy atom. The van der Waals surface area contributed by atoms with E-state index in [1.54, 1.807) is 11.0 Å². The first kappa shape index (κ1) is 27.3. The van der Waals surface area contributed by atoms with Crippen molar-refractivity contribution in [1.82, 2.24) is 4.90 Å². The lowest BCUT2D eigenvalue weighted by atomic mass is 9.84. The van der Waals surface area contributed by atoms with E-state index in [4.69, 9.17) is 9.47 Å². The van der Waals surface area contributed by atoms with E-state index in [0.717, 1.165) is 36.1 Å². The number of aliphatic hydroxyl groups is 1. The number of likely N-dealkylation sites (tertiary alicyclic amines) is 1. The molecular weight excluding hydrogens is 454 g/mol. The zero-order valence-electron chi connectivity index (χ0n) is 22.4. The topological polar surface area (TPSA) is 76.1 Å². The van der Waals surface area contributed by atoms with Gasteiger partial charge in [0, 0.05) is 17.7 Å². The van der Waals surface area contributed by atoms with Crippen molar-refractivity contribution < 1.29 is 24.2 Å². The van der Waals surface area contributed by atoms with Crippen molar-refractivity contribution in [3.63, 3.8) is 0 Å². The fourth-order valence-electron chi connectivity index (χ4n) is 4.60. The van der Waals surface area contributed by atoms with Crippen LogP contribution in [0.2, 0.25) is 0 Å². The van der Waals surface area contributed by atoms with Crippen LogP contribution in [0.1, 0.15) is 83.5 Å². The van der Waals surface area contributed by atoms with Crippen molar-refractivity contribution in [2.75, 3.05) is 19.8 Å². The normalized spacial score (nSPS) is 17.5. The second kappa shape index (κ2) is 11.6. The maximum atomic E-state index is 13.3. The molecule has 1 heterocycles. The average molecular weight is 494 g/mol. The third-order valence-corrected chi connectivity index (χ3v) is 6.41. The van der Waals surface area contributed by atoms with Gasteiger partial charge in [-0.3, -0.25) is 9.59 Å². The average Bonchev–Trinajstić information content (AvgIpc) is 3.09. The lowest BCUT2D eigenvalue weighted by Crippen LogP contribution is -2.30. The Hall–Kier alpha value is -3.28. The molecule has 1 aliphatic heterocycles. The minimum Gasteiger partial charge on any atom is -0.507 e. The van der Waals surface area contributed by atoms with Gasteiger partial charge in [0.2, 0.25) is 0 Å². The Bertz CT molecular complexity index is 1110. The number of ether oxygens (including phenoxy) is 2. The number of carbonyl (C=O) groups excluding carboxylic acids is 2. The van der Waals surface area contributed by atoms with Gasteiger partial charge >= 0.3 is 0 Å². The molecule has 0 bridgehead atoms. The van der Waals surface area contributed by atoms with Crippen molar-refractivity contribution in [2.24, 2.45) is 0 Å². The van der Waals surface area contributed by atoms with Gasteiger partial charge in [0.1, 0.15) is 17.3 Å². The van der Waals surface area contributed by atoms with Crippen molar-refractivity contribution in [3.8, 4) is 11.5 Å². The zero-order valence-corrected chi connectivity index (χ0v) is 22.4. The third kappa shape index (κ3) is 5.75. The van der Waals surface area contributed by atoms with E-state index >= 15 is 0 Å². The lowest BCUT2D eigenvalue weighted by molar-refractivity contribution is -0.139. The predicted octanol–water partition coefficient (Wildman–Crippen LogP) is 6.39. The summed E-state index contributed by atoms with van der Waals surface area (Å²) in [6.45, 7) is 13.7. The Kier molecular flexibility index (Phi) is 8.83. The molecule has 0 spiro atoms. The quantitative estimate of drug-likeness (QED) is 0.180. The van der Waals surface area contributed by atoms with Gasteiger partial charge in [0.15, 0.2) is 0 Å². The Labute approximate surface area is 214 Å². The van der Waals surface area contributed by atoms with Crippen molar-refractivity contribution in [2.45, 2.75) is 72.3 Å². The van der Waals surface area contributed by atoms with E-state index in [2.05, 4.69) is 27.7 Å². The van der Waals surface area contributed by atoms with Gasteiger partial charge in [0.25, 0.3) is 11.7 Å². The first-order valence-electron chi connectivity index (χ1n) is 12.9. The van der Waals surface area contributed by atoms with Gasteiger partial charge in [-0.25, -0.2) is 0 Å². The molecule has 0 aromatic heterocycles. The minimum absolute atomic E-state index is 0.115. The molecule has 3 rings (SSSR count). The molecule has 1 aliphatic rings. The van der Waals surface area contributed by atoms with Crippen LogP contribution < -0.4 is 9.47 Å². The number of unbranched alkanes of at least 4 members (excludes halogenated alkanes) is 2. The van der Waals surface area contributed by atoms with Crippen LogP contribution in [-0.4, -0.2) is 41.5 Å². The largest absolute Gasteiger partial charge is 0.507 e. The first-order valence-corrected chi connectivity index (χ1v) is 12.9. The van der Waals surface area contributed by atoms with Crippen LogP contribution in [0.5, 0.6) is 11.5 Å². The molecule has 1 unspecified atom stereocenters. The summed E-state index contributed by atoms with van der Waals surface area (Å²) >= 11 is 0. The molecule has 194 valence electrons. The molecule has 1 fully saturated rings. The molecule has 6 nitrogen and oxygen atoms in total. The van der Waals surface area contributed by atoms with Gasteiger partial charge < -0.3 is 19.5 Å². The SMILES string of the molecule is CCCCCN1C(=O)C(=O)/C(=C(\O)c2ccc(OCC)c(C(C)(C)C)c2)C1c1ccc(OCC)cc1. The van der Waals surface area contributed by atoms with Crippen LogP contribution in [0.15, 0.2) is 48.0 Å². The molecule has 1 atom stereocenters. The second-order valence-corrected chi connectivity index (χ2v) is 10.1. The van der Waals surface area contributed by atoms with Gasteiger partial charge in [-0.15, -0.1) is 0 Å². The number of Topliss-reactive ketones (excluding diaryl/α,β-unsaturated/α-hetero) is 1. The third-order valence-electron chi connectivity index (χ3n) is 6.41. The van der Waals surface area contributed by atoms with Crippen LogP contribution in [0, 0.1) is 0 Å². The summed E-state index contributed by atoms with van der Waals surface area (Å²) < 4.78 is 11.4. The number of nitrogens with zero attached hydrogens (tertiary/aromatic N) is 1. The monoisotopic (exact) mass is 493 g/mol. The summed E-state index contributed by atoms with van der Waals surface area (Å²) in [5.74, 6) is 0.0523. The Morgan fingerprint density at radius 2 is 1.61 bits per heavy atom. The predicted molar refractivity (Wildman–Crippen MR) is 142 cm³/mol. The summed E-state index contributed by atoms with van der Waals surface area (Å²) in [6.07, 6.45) is 2.74. The number of amides is 1. The summed E-state index contributed by atoms with van der Waals surface area (Å²) in [7, 11) is 0. The number of ketones is 1. The molecule has 36 heavy (non-hydrogen) atoms. The number of carbonyl (C=O) groups is 2. The molecular formula is C30H39NO5. The van der Waals surface area contributed by atoms with Crippen molar-refractivity contribution >= 4 is 17.4 Å². The smallest absolute Gasteiger partial charge is 0.295 e. The van der Waals surface area contributed by atoms with Crippen LogP contribution >= 0.6 is 0 Å². The molecule has 1 saturated heterocycles. The van der Waals surface area contributed by atoms with Gasteiger partial charge in [-0.1, -0.05) is 52.7 Å².